The van der Waals surface area contributed by atoms with Crippen LogP contribution in [0.3, 0.4) is 0 Å². The normalized spacial score (nSPS) is 12.2. The van der Waals surface area contributed by atoms with E-state index in [1.807, 2.05) is 45.9 Å². The maximum Gasteiger partial charge on any atom is 0.307 e. The molecular weight excluding hydrogens is 342 g/mol. The van der Waals surface area contributed by atoms with E-state index in [2.05, 4.69) is 5.32 Å². The first kappa shape index (κ1) is 20.5. The Balaban J connectivity index is 2.27. The standard InChI is InChI=1S/C22H27NO4/c1-15-11-12-18(26-5)17(13-15)23-21(25)20(16-9-7-6-8-10-16)27-19(24)14-22(2,3)4/h6-13,20H,14H2,1-5H3,(H,23,25)/t20-/m1/s1. The molecule has 2 aromatic rings. The molecule has 0 aliphatic carbocycles. The molecule has 27 heavy (non-hydrogen) atoms. The molecule has 0 saturated heterocycles. The molecule has 0 aromatic heterocycles. The highest BCUT2D eigenvalue weighted by Gasteiger charge is 2.27. The minimum Gasteiger partial charge on any atom is -0.495 e. The van der Waals surface area contributed by atoms with Crippen molar-refractivity contribution in [2.45, 2.75) is 40.2 Å². The molecule has 0 heterocycles. The number of aryl methyl sites for hydroxylation is 1. The van der Waals surface area contributed by atoms with Crippen molar-refractivity contribution in [1.82, 2.24) is 0 Å². The lowest BCUT2D eigenvalue weighted by atomic mass is 9.92. The van der Waals surface area contributed by atoms with Crippen LogP contribution in [0.1, 0.15) is 44.4 Å². The lowest BCUT2D eigenvalue weighted by Gasteiger charge is -2.22. The number of hydrogen-bond acceptors (Lipinski definition) is 4. The number of carbonyl (C=O) groups is 2. The van der Waals surface area contributed by atoms with Crippen molar-refractivity contribution < 1.29 is 19.1 Å². The number of nitrogens with one attached hydrogen (secondary N) is 1. The molecule has 0 spiro atoms. The van der Waals surface area contributed by atoms with E-state index in [9.17, 15) is 9.59 Å². The van der Waals surface area contributed by atoms with E-state index in [0.29, 0.717) is 17.0 Å². The summed E-state index contributed by atoms with van der Waals surface area (Å²) in [5.41, 5.74) is 1.90. The summed E-state index contributed by atoms with van der Waals surface area (Å²) in [7, 11) is 1.54. The number of methoxy groups -OCH3 is 1. The molecular formula is C22H27NO4. The molecule has 0 radical (unpaired) electrons. The second-order valence-corrected chi connectivity index (χ2v) is 7.71. The van der Waals surface area contributed by atoms with Gasteiger partial charge in [-0.15, -0.1) is 0 Å². The molecule has 5 heteroatoms. The van der Waals surface area contributed by atoms with Crippen LogP contribution in [0, 0.1) is 12.3 Å². The highest BCUT2D eigenvalue weighted by Crippen LogP contribution is 2.28. The van der Waals surface area contributed by atoms with Gasteiger partial charge < -0.3 is 14.8 Å². The SMILES string of the molecule is COc1ccc(C)cc1NC(=O)[C@H](OC(=O)CC(C)(C)C)c1ccccc1. The van der Waals surface area contributed by atoms with Crippen LogP contribution in [0.25, 0.3) is 0 Å². The molecule has 0 aliphatic rings. The largest absolute Gasteiger partial charge is 0.495 e. The van der Waals surface area contributed by atoms with Crippen molar-refractivity contribution >= 4 is 17.6 Å². The number of ether oxygens (including phenoxy) is 2. The minimum atomic E-state index is -1.04. The van der Waals surface area contributed by atoms with Gasteiger partial charge in [0.05, 0.1) is 19.2 Å². The summed E-state index contributed by atoms with van der Waals surface area (Å²) in [5, 5.41) is 2.83. The molecule has 1 atom stereocenters. The first-order valence-corrected chi connectivity index (χ1v) is 8.89. The molecule has 5 nitrogen and oxygen atoms in total. The number of amides is 1. The fourth-order valence-corrected chi connectivity index (χ4v) is 2.62. The maximum absolute atomic E-state index is 12.9. The molecule has 2 rings (SSSR count). The molecule has 0 bridgehead atoms. The third kappa shape index (κ3) is 6.13. The summed E-state index contributed by atoms with van der Waals surface area (Å²) in [6.45, 7) is 7.77. The topological polar surface area (TPSA) is 64.6 Å². The third-order valence-corrected chi connectivity index (χ3v) is 3.88. The van der Waals surface area contributed by atoms with E-state index in [4.69, 9.17) is 9.47 Å². The number of hydrogen-bond donors (Lipinski definition) is 1. The predicted molar refractivity (Wildman–Crippen MR) is 106 cm³/mol. The van der Waals surface area contributed by atoms with Crippen molar-refractivity contribution in [3.8, 4) is 5.75 Å². The van der Waals surface area contributed by atoms with Gasteiger partial charge in [-0.2, -0.15) is 0 Å². The van der Waals surface area contributed by atoms with Crippen LogP contribution < -0.4 is 10.1 Å². The minimum absolute atomic E-state index is 0.220. The van der Waals surface area contributed by atoms with Gasteiger partial charge in [0.2, 0.25) is 6.10 Å². The van der Waals surface area contributed by atoms with Crippen LogP contribution in [0.2, 0.25) is 0 Å². The van der Waals surface area contributed by atoms with Gasteiger partial charge >= 0.3 is 5.97 Å². The van der Waals surface area contributed by atoms with E-state index in [1.165, 1.54) is 0 Å². The Morgan fingerprint density at radius 2 is 1.74 bits per heavy atom. The van der Waals surface area contributed by atoms with Crippen molar-refractivity contribution in [1.29, 1.82) is 0 Å². The fraction of sp³-hybridized carbons (Fsp3) is 0.364. The summed E-state index contributed by atoms with van der Waals surface area (Å²) >= 11 is 0. The lowest BCUT2D eigenvalue weighted by molar-refractivity contribution is -0.156. The highest BCUT2D eigenvalue weighted by molar-refractivity contribution is 5.97. The summed E-state index contributed by atoms with van der Waals surface area (Å²) in [6.07, 6.45) is -0.816. The van der Waals surface area contributed by atoms with Crippen LogP contribution >= 0.6 is 0 Å². The van der Waals surface area contributed by atoms with Crippen molar-refractivity contribution in [3.63, 3.8) is 0 Å². The van der Waals surface area contributed by atoms with E-state index in [0.717, 1.165) is 5.56 Å². The summed E-state index contributed by atoms with van der Waals surface area (Å²) in [5.74, 6) is -0.295. The zero-order valence-electron chi connectivity index (χ0n) is 16.5. The quantitative estimate of drug-likeness (QED) is 0.752. The Morgan fingerprint density at radius 1 is 1.07 bits per heavy atom. The monoisotopic (exact) mass is 369 g/mol. The highest BCUT2D eigenvalue weighted by atomic mass is 16.5. The Kier molecular flexibility index (Phi) is 6.61. The van der Waals surface area contributed by atoms with Crippen molar-refractivity contribution in [2.75, 3.05) is 12.4 Å². The number of benzene rings is 2. The van der Waals surface area contributed by atoms with Gasteiger partial charge in [-0.3, -0.25) is 9.59 Å². The Bertz CT molecular complexity index is 794. The van der Waals surface area contributed by atoms with Gasteiger partial charge in [-0.1, -0.05) is 57.2 Å². The molecule has 144 valence electrons. The zero-order chi connectivity index (χ0) is 20.0. The summed E-state index contributed by atoms with van der Waals surface area (Å²) in [4.78, 5) is 25.3. The van der Waals surface area contributed by atoms with Gasteiger partial charge in [0.1, 0.15) is 5.75 Å². The Labute approximate surface area is 160 Å². The number of esters is 1. The average Bonchev–Trinajstić information content (AvgIpc) is 2.59. The summed E-state index contributed by atoms with van der Waals surface area (Å²) < 4.78 is 10.9. The van der Waals surface area contributed by atoms with Gasteiger partial charge in [-0.05, 0) is 30.0 Å². The number of carbonyl (C=O) groups excluding carboxylic acids is 2. The van der Waals surface area contributed by atoms with Crippen LogP contribution in [0.15, 0.2) is 48.5 Å². The number of rotatable bonds is 6. The molecule has 1 amide bonds. The van der Waals surface area contributed by atoms with Crippen LogP contribution in [-0.4, -0.2) is 19.0 Å². The molecule has 1 N–H and O–H groups in total. The zero-order valence-corrected chi connectivity index (χ0v) is 16.5. The molecule has 2 aromatic carbocycles. The van der Waals surface area contributed by atoms with Crippen LogP contribution in [0.4, 0.5) is 5.69 Å². The number of anilines is 1. The maximum atomic E-state index is 12.9. The average molecular weight is 369 g/mol. The van der Waals surface area contributed by atoms with E-state index in [-0.39, 0.29) is 11.8 Å². The second kappa shape index (κ2) is 8.71. The van der Waals surface area contributed by atoms with E-state index in [1.54, 1.807) is 37.4 Å². The molecule has 0 unspecified atom stereocenters. The molecule has 0 aliphatic heterocycles. The third-order valence-electron chi connectivity index (χ3n) is 3.88. The second-order valence-electron chi connectivity index (χ2n) is 7.71. The van der Waals surface area contributed by atoms with Gasteiger partial charge in [0.25, 0.3) is 5.91 Å². The molecule has 0 saturated carbocycles. The van der Waals surface area contributed by atoms with E-state index >= 15 is 0 Å². The summed E-state index contributed by atoms with van der Waals surface area (Å²) in [6, 6.07) is 14.5. The first-order valence-electron chi connectivity index (χ1n) is 8.89. The van der Waals surface area contributed by atoms with Crippen molar-refractivity contribution in [2.24, 2.45) is 5.41 Å². The molecule has 0 fully saturated rings. The van der Waals surface area contributed by atoms with Gasteiger partial charge in [0, 0.05) is 5.56 Å². The van der Waals surface area contributed by atoms with E-state index < -0.39 is 18.0 Å². The van der Waals surface area contributed by atoms with Gasteiger partial charge in [-0.25, -0.2) is 0 Å². The van der Waals surface area contributed by atoms with Crippen LogP contribution in [-0.2, 0) is 14.3 Å². The fourth-order valence-electron chi connectivity index (χ4n) is 2.62. The van der Waals surface area contributed by atoms with Crippen LogP contribution in [0.5, 0.6) is 5.75 Å². The predicted octanol–water partition coefficient (Wildman–Crippen LogP) is 4.66. The Hall–Kier alpha value is -2.82. The van der Waals surface area contributed by atoms with Gasteiger partial charge in [0.15, 0.2) is 0 Å². The first-order chi connectivity index (χ1) is 12.7. The van der Waals surface area contributed by atoms with Crippen molar-refractivity contribution in [3.05, 3.63) is 59.7 Å². The lowest BCUT2D eigenvalue weighted by Crippen LogP contribution is -2.27. The smallest absolute Gasteiger partial charge is 0.307 e. The Morgan fingerprint density at radius 3 is 2.33 bits per heavy atom.